The van der Waals surface area contributed by atoms with E-state index in [1.165, 1.54) is 58.4 Å². The summed E-state index contributed by atoms with van der Waals surface area (Å²) in [6, 6.07) is 0.791. The first kappa shape index (κ1) is 13.3. The molecule has 0 saturated carbocycles. The second-order valence-electron chi connectivity index (χ2n) is 6.22. The lowest BCUT2D eigenvalue weighted by molar-refractivity contribution is 0.0952. The normalized spacial score (nSPS) is 37.9. The van der Waals surface area contributed by atoms with Crippen molar-refractivity contribution in [2.24, 2.45) is 0 Å². The first-order chi connectivity index (χ1) is 8.13. The van der Waals surface area contributed by atoms with Crippen LogP contribution in [0, 0.1) is 0 Å². The van der Waals surface area contributed by atoms with E-state index in [4.69, 9.17) is 0 Å². The molecular weight excluding hydrogens is 210 g/mol. The molecule has 0 radical (unpaired) electrons. The highest BCUT2D eigenvalue weighted by atomic mass is 15.2. The number of nitrogens with zero attached hydrogens (tertiary/aromatic N) is 2. The molecule has 0 spiro atoms. The van der Waals surface area contributed by atoms with E-state index in [1.807, 2.05) is 0 Å². The molecule has 2 aliphatic rings. The van der Waals surface area contributed by atoms with Gasteiger partial charge in [-0.2, -0.15) is 0 Å². The van der Waals surface area contributed by atoms with Crippen LogP contribution in [0.1, 0.15) is 39.5 Å². The van der Waals surface area contributed by atoms with Gasteiger partial charge in [0.2, 0.25) is 0 Å². The van der Waals surface area contributed by atoms with E-state index in [-0.39, 0.29) is 0 Å². The molecule has 2 aliphatic heterocycles. The lowest BCUT2D eigenvalue weighted by Gasteiger charge is -2.41. The van der Waals surface area contributed by atoms with Crippen molar-refractivity contribution in [2.75, 3.05) is 39.8 Å². The minimum Gasteiger partial charge on any atom is -0.310 e. The molecule has 0 amide bonds. The van der Waals surface area contributed by atoms with E-state index in [1.54, 1.807) is 0 Å². The van der Waals surface area contributed by atoms with Crippen LogP contribution in [0.4, 0.5) is 0 Å². The molecule has 3 heteroatoms. The van der Waals surface area contributed by atoms with Crippen molar-refractivity contribution < 1.29 is 0 Å². The Morgan fingerprint density at radius 2 is 2.12 bits per heavy atom. The maximum absolute atomic E-state index is 3.73. The molecule has 2 rings (SSSR count). The van der Waals surface area contributed by atoms with Gasteiger partial charge in [0.25, 0.3) is 0 Å². The van der Waals surface area contributed by atoms with E-state index in [0.29, 0.717) is 5.54 Å². The molecule has 0 aromatic carbocycles. The Hall–Kier alpha value is -0.120. The Kier molecular flexibility index (Phi) is 4.45. The average molecular weight is 239 g/mol. The van der Waals surface area contributed by atoms with Crippen molar-refractivity contribution >= 4 is 0 Å². The quantitative estimate of drug-likeness (QED) is 0.789. The van der Waals surface area contributed by atoms with Gasteiger partial charge in [-0.05, 0) is 59.3 Å². The SMILES string of the molecule is CCC1(C)CN(C2CCCN(C)C2)CCCN1. The van der Waals surface area contributed by atoms with Crippen molar-refractivity contribution in [3.8, 4) is 0 Å². The molecule has 3 nitrogen and oxygen atoms in total. The van der Waals surface area contributed by atoms with Gasteiger partial charge in [-0.25, -0.2) is 0 Å². The van der Waals surface area contributed by atoms with Crippen molar-refractivity contribution in [1.29, 1.82) is 0 Å². The van der Waals surface area contributed by atoms with Crippen molar-refractivity contribution in [3.05, 3.63) is 0 Å². The minimum atomic E-state index is 0.326. The number of hydrogen-bond donors (Lipinski definition) is 1. The van der Waals surface area contributed by atoms with Gasteiger partial charge in [0, 0.05) is 24.7 Å². The van der Waals surface area contributed by atoms with Crippen LogP contribution in [0.2, 0.25) is 0 Å². The summed E-state index contributed by atoms with van der Waals surface area (Å²) in [5, 5.41) is 3.73. The van der Waals surface area contributed by atoms with Crippen LogP contribution in [0.3, 0.4) is 0 Å². The number of likely N-dealkylation sites (tertiary alicyclic amines) is 1. The fourth-order valence-electron chi connectivity index (χ4n) is 3.24. The van der Waals surface area contributed by atoms with Crippen LogP contribution >= 0.6 is 0 Å². The summed E-state index contributed by atoms with van der Waals surface area (Å²) in [7, 11) is 2.27. The number of rotatable bonds is 2. The highest BCUT2D eigenvalue weighted by Gasteiger charge is 2.31. The molecule has 100 valence electrons. The van der Waals surface area contributed by atoms with Crippen molar-refractivity contribution in [2.45, 2.75) is 51.1 Å². The van der Waals surface area contributed by atoms with Crippen LogP contribution in [-0.2, 0) is 0 Å². The van der Waals surface area contributed by atoms with Gasteiger partial charge < -0.3 is 10.2 Å². The number of likely N-dealkylation sites (N-methyl/N-ethyl adjacent to an activating group) is 1. The van der Waals surface area contributed by atoms with Crippen molar-refractivity contribution in [3.63, 3.8) is 0 Å². The summed E-state index contributed by atoms with van der Waals surface area (Å²) < 4.78 is 0. The van der Waals surface area contributed by atoms with E-state index in [2.05, 4.69) is 36.0 Å². The summed E-state index contributed by atoms with van der Waals surface area (Å²) >= 11 is 0. The highest BCUT2D eigenvalue weighted by Crippen LogP contribution is 2.21. The molecule has 0 aromatic heterocycles. The van der Waals surface area contributed by atoms with Crippen LogP contribution in [0.25, 0.3) is 0 Å². The summed E-state index contributed by atoms with van der Waals surface area (Å²) in [4.78, 5) is 5.24. The Morgan fingerprint density at radius 3 is 2.82 bits per heavy atom. The number of nitrogens with one attached hydrogen (secondary N) is 1. The molecular formula is C14H29N3. The summed E-state index contributed by atoms with van der Waals surface area (Å²) in [5.74, 6) is 0. The van der Waals surface area contributed by atoms with Crippen LogP contribution in [0.15, 0.2) is 0 Å². The second kappa shape index (κ2) is 5.68. The van der Waals surface area contributed by atoms with Gasteiger partial charge in [-0.1, -0.05) is 6.92 Å². The molecule has 1 N–H and O–H groups in total. The highest BCUT2D eigenvalue weighted by molar-refractivity contribution is 4.91. The first-order valence-corrected chi connectivity index (χ1v) is 7.30. The zero-order valence-electron chi connectivity index (χ0n) is 11.8. The van der Waals surface area contributed by atoms with Crippen LogP contribution < -0.4 is 5.32 Å². The number of hydrogen-bond acceptors (Lipinski definition) is 3. The molecule has 0 aromatic rings. The van der Waals surface area contributed by atoms with Gasteiger partial charge >= 0.3 is 0 Å². The molecule has 0 aliphatic carbocycles. The lowest BCUT2D eigenvalue weighted by atomic mass is 9.96. The largest absolute Gasteiger partial charge is 0.310 e. The molecule has 2 fully saturated rings. The third-order valence-corrected chi connectivity index (χ3v) is 4.62. The smallest absolute Gasteiger partial charge is 0.0277 e. The van der Waals surface area contributed by atoms with Gasteiger partial charge in [0.05, 0.1) is 0 Å². The van der Waals surface area contributed by atoms with Gasteiger partial charge in [0.15, 0.2) is 0 Å². The third kappa shape index (κ3) is 3.43. The zero-order valence-corrected chi connectivity index (χ0v) is 11.8. The Bertz CT molecular complexity index is 244. The van der Waals surface area contributed by atoms with E-state index < -0.39 is 0 Å². The molecule has 2 heterocycles. The first-order valence-electron chi connectivity index (χ1n) is 7.30. The molecule has 17 heavy (non-hydrogen) atoms. The molecule has 2 atom stereocenters. The Labute approximate surface area is 107 Å². The van der Waals surface area contributed by atoms with Gasteiger partial charge in [-0.3, -0.25) is 4.90 Å². The average Bonchev–Trinajstić information content (AvgIpc) is 2.52. The fraction of sp³-hybridized carbons (Fsp3) is 1.00. The third-order valence-electron chi connectivity index (χ3n) is 4.62. The lowest BCUT2D eigenvalue weighted by Crippen LogP contribution is -2.54. The minimum absolute atomic E-state index is 0.326. The van der Waals surface area contributed by atoms with E-state index in [0.717, 1.165) is 6.04 Å². The maximum Gasteiger partial charge on any atom is 0.0277 e. The predicted octanol–water partition coefficient (Wildman–Crippen LogP) is 1.54. The zero-order chi connectivity index (χ0) is 12.3. The van der Waals surface area contributed by atoms with Gasteiger partial charge in [-0.15, -0.1) is 0 Å². The Morgan fingerprint density at radius 1 is 1.29 bits per heavy atom. The molecule has 2 unspecified atom stereocenters. The Balaban J connectivity index is 1.98. The fourth-order valence-corrected chi connectivity index (χ4v) is 3.24. The maximum atomic E-state index is 3.73. The second-order valence-corrected chi connectivity index (χ2v) is 6.22. The summed E-state index contributed by atoms with van der Waals surface area (Å²) in [5.41, 5.74) is 0.326. The monoisotopic (exact) mass is 239 g/mol. The van der Waals surface area contributed by atoms with Crippen LogP contribution in [-0.4, -0.2) is 61.2 Å². The number of piperidine rings is 1. The summed E-state index contributed by atoms with van der Waals surface area (Å²) in [6.07, 6.45) is 5.29. The standard InChI is InChI=1S/C14H29N3/c1-4-14(2)12-17(10-6-8-15-14)13-7-5-9-16(3)11-13/h13,15H,4-12H2,1-3H3. The molecule has 0 bridgehead atoms. The van der Waals surface area contributed by atoms with Crippen molar-refractivity contribution in [1.82, 2.24) is 15.1 Å². The summed E-state index contributed by atoms with van der Waals surface area (Å²) in [6.45, 7) is 10.9. The topological polar surface area (TPSA) is 18.5 Å². The van der Waals surface area contributed by atoms with Gasteiger partial charge in [0.1, 0.15) is 0 Å². The van der Waals surface area contributed by atoms with Crippen LogP contribution in [0.5, 0.6) is 0 Å². The predicted molar refractivity (Wildman–Crippen MR) is 73.4 cm³/mol. The van der Waals surface area contributed by atoms with E-state index >= 15 is 0 Å². The van der Waals surface area contributed by atoms with E-state index in [9.17, 15) is 0 Å². The molecule has 2 saturated heterocycles.